The fourth-order valence-electron chi connectivity index (χ4n) is 2.35. The second kappa shape index (κ2) is 8.54. The summed E-state index contributed by atoms with van der Waals surface area (Å²) >= 11 is 0. The monoisotopic (exact) mass is 307 g/mol. The molecule has 0 saturated carbocycles. The minimum absolute atomic E-state index is 0.0228. The van der Waals surface area contributed by atoms with Crippen LogP contribution in [0.3, 0.4) is 0 Å². The van der Waals surface area contributed by atoms with Crippen molar-refractivity contribution in [2.24, 2.45) is 5.41 Å². The van der Waals surface area contributed by atoms with E-state index in [1.807, 2.05) is 25.1 Å². The third kappa shape index (κ3) is 4.84. The molecule has 5 heteroatoms. The molecule has 0 saturated heterocycles. The first-order valence-corrected chi connectivity index (χ1v) is 7.67. The zero-order valence-electron chi connectivity index (χ0n) is 13.5. The van der Waals surface area contributed by atoms with Gasteiger partial charge in [0, 0.05) is 18.7 Å². The molecule has 0 aliphatic carbocycles. The van der Waals surface area contributed by atoms with Gasteiger partial charge < -0.3 is 15.2 Å². The van der Waals surface area contributed by atoms with Crippen molar-refractivity contribution < 1.29 is 19.4 Å². The first kappa shape index (κ1) is 18.2. The molecule has 0 aliphatic rings. The van der Waals surface area contributed by atoms with E-state index in [0.29, 0.717) is 31.7 Å². The van der Waals surface area contributed by atoms with E-state index >= 15 is 0 Å². The van der Waals surface area contributed by atoms with Crippen LogP contribution in [-0.2, 0) is 20.9 Å². The zero-order valence-corrected chi connectivity index (χ0v) is 13.5. The average molecular weight is 307 g/mol. The van der Waals surface area contributed by atoms with Gasteiger partial charge in [-0.2, -0.15) is 0 Å². The fraction of sp³-hybridized carbons (Fsp3) is 0.529. The van der Waals surface area contributed by atoms with Gasteiger partial charge in [0.15, 0.2) is 0 Å². The van der Waals surface area contributed by atoms with Crippen molar-refractivity contribution in [3.05, 3.63) is 29.8 Å². The van der Waals surface area contributed by atoms with Crippen molar-refractivity contribution in [3.8, 4) is 0 Å². The second-order valence-electron chi connectivity index (χ2n) is 5.36. The summed E-state index contributed by atoms with van der Waals surface area (Å²) in [5.41, 5.74) is 0.636. The Morgan fingerprint density at radius 3 is 2.45 bits per heavy atom. The van der Waals surface area contributed by atoms with Gasteiger partial charge in [-0.15, -0.1) is 0 Å². The number of carbonyl (C=O) groups is 2. The van der Waals surface area contributed by atoms with Gasteiger partial charge in [-0.1, -0.05) is 26.0 Å². The molecule has 1 aromatic rings. The van der Waals surface area contributed by atoms with Crippen LogP contribution in [0.1, 0.15) is 45.6 Å². The summed E-state index contributed by atoms with van der Waals surface area (Å²) < 4.78 is 5.34. The Bertz CT molecular complexity index is 509. The van der Waals surface area contributed by atoms with Crippen LogP contribution in [0.4, 0.5) is 5.69 Å². The van der Waals surface area contributed by atoms with Crippen LogP contribution in [-0.4, -0.2) is 23.6 Å². The van der Waals surface area contributed by atoms with Gasteiger partial charge in [0.05, 0.1) is 12.0 Å². The summed E-state index contributed by atoms with van der Waals surface area (Å²) in [4.78, 5) is 23.6. The number of hydrogen-bond donors (Lipinski definition) is 2. The van der Waals surface area contributed by atoms with E-state index in [4.69, 9.17) is 4.74 Å². The Morgan fingerprint density at radius 1 is 1.23 bits per heavy atom. The van der Waals surface area contributed by atoms with Crippen molar-refractivity contribution in [1.29, 1.82) is 0 Å². The molecule has 122 valence electrons. The predicted octanol–water partition coefficient (Wildman–Crippen LogP) is 3.44. The largest absolute Gasteiger partial charge is 0.481 e. The Kier molecular flexibility index (Phi) is 7.05. The molecule has 0 bridgehead atoms. The van der Waals surface area contributed by atoms with Crippen LogP contribution >= 0.6 is 0 Å². The zero-order chi connectivity index (χ0) is 16.6. The van der Waals surface area contributed by atoms with Gasteiger partial charge >= 0.3 is 5.97 Å². The Hall–Kier alpha value is -1.88. The number of nitrogens with one attached hydrogen (secondary N) is 1. The summed E-state index contributed by atoms with van der Waals surface area (Å²) in [6.07, 6.45) is 0.832. The van der Waals surface area contributed by atoms with Crippen LogP contribution in [0.2, 0.25) is 0 Å². The Labute approximate surface area is 131 Å². The Morgan fingerprint density at radius 2 is 1.91 bits per heavy atom. The molecule has 0 spiro atoms. The first-order chi connectivity index (χ1) is 10.5. The standard InChI is InChI=1S/C17H25NO4/c1-4-17(5-2,16(20)21)11-15(19)18-14-9-7-8-13(10-14)12-22-6-3/h7-10H,4-6,11-12H2,1-3H3,(H,18,19)(H,20,21). The van der Waals surface area contributed by atoms with E-state index in [-0.39, 0.29) is 12.3 Å². The van der Waals surface area contributed by atoms with E-state index in [9.17, 15) is 14.7 Å². The molecule has 0 heterocycles. The summed E-state index contributed by atoms with van der Waals surface area (Å²) in [7, 11) is 0. The van der Waals surface area contributed by atoms with Gasteiger partial charge in [-0.3, -0.25) is 9.59 Å². The molecule has 0 atom stereocenters. The van der Waals surface area contributed by atoms with Crippen molar-refractivity contribution in [2.75, 3.05) is 11.9 Å². The molecule has 2 N–H and O–H groups in total. The van der Waals surface area contributed by atoms with Gasteiger partial charge in [0.25, 0.3) is 0 Å². The molecule has 0 aliphatic heterocycles. The highest BCUT2D eigenvalue weighted by Gasteiger charge is 2.37. The molecule has 1 aromatic carbocycles. The van der Waals surface area contributed by atoms with E-state index in [1.54, 1.807) is 19.9 Å². The molecule has 0 aromatic heterocycles. The summed E-state index contributed by atoms with van der Waals surface area (Å²) in [6.45, 7) is 6.64. The second-order valence-corrected chi connectivity index (χ2v) is 5.36. The maximum Gasteiger partial charge on any atom is 0.310 e. The summed E-state index contributed by atoms with van der Waals surface area (Å²) in [6, 6.07) is 7.39. The molecule has 1 rings (SSSR count). The third-order valence-electron chi connectivity index (χ3n) is 3.99. The number of carbonyl (C=O) groups excluding carboxylic acids is 1. The highest BCUT2D eigenvalue weighted by molar-refractivity contribution is 5.94. The minimum atomic E-state index is -0.993. The average Bonchev–Trinajstić information content (AvgIpc) is 2.50. The molecular weight excluding hydrogens is 282 g/mol. The number of carboxylic acids is 1. The maximum atomic E-state index is 12.2. The number of ether oxygens (including phenoxy) is 1. The van der Waals surface area contributed by atoms with E-state index in [1.165, 1.54) is 0 Å². The lowest BCUT2D eigenvalue weighted by Gasteiger charge is -2.25. The number of anilines is 1. The fourth-order valence-corrected chi connectivity index (χ4v) is 2.35. The van der Waals surface area contributed by atoms with E-state index in [0.717, 1.165) is 5.56 Å². The number of amides is 1. The quantitative estimate of drug-likeness (QED) is 0.732. The molecule has 0 radical (unpaired) electrons. The van der Waals surface area contributed by atoms with Crippen LogP contribution in [0.5, 0.6) is 0 Å². The van der Waals surface area contributed by atoms with Crippen LogP contribution < -0.4 is 5.32 Å². The first-order valence-electron chi connectivity index (χ1n) is 7.67. The molecule has 1 amide bonds. The molecule has 5 nitrogen and oxygen atoms in total. The van der Waals surface area contributed by atoms with Gasteiger partial charge in [0.1, 0.15) is 0 Å². The van der Waals surface area contributed by atoms with Crippen molar-refractivity contribution in [3.63, 3.8) is 0 Å². The lowest BCUT2D eigenvalue weighted by molar-refractivity contribution is -0.151. The Balaban J connectivity index is 2.74. The van der Waals surface area contributed by atoms with Crippen molar-refractivity contribution >= 4 is 17.6 Å². The summed E-state index contributed by atoms with van der Waals surface area (Å²) in [5, 5.41) is 12.2. The van der Waals surface area contributed by atoms with Gasteiger partial charge in [-0.25, -0.2) is 0 Å². The van der Waals surface area contributed by atoms with Gasteiger partial charge in [0.2, 0.25) is 5.91 Å². The SMILES string of the molecule is CCOCc1cccc(NC(=O)CC(CC)(CC)C(=O)O)c1. The number of aliphatic carboxylic acids is 1. The maximum absolute atomic E-state index is 12.2. The lowest BCUT2D eigenvalue weighted by atomic mass is 9.79. The third-order valence-corrected chi connectivity index (χ3v) is 3.99. The van der Waals surface area contributed by atoms with Crippen molar-refractivity contribution in [2.45, 2.75) is 46.6 Å². The van der Waals surface area contributed by atoms with Gasteiger partial charge in [-0.05, 0) is 37.5 Å². The topological polar surface area (TPSA) is 75.6 Å². The summed E-state index contributed by atoms with van der Waals surface area (Å²) in [5.74, 6) is -1.20. The predicted molar refractivity (Wildman–Crippen MR) is 85.7 cm³/mol. The lowest BCUT2D eigenvalue weighted by Crippen LogP contribution is -2.34. The highest BCUT2D eigenvalue weighted by Crippen LogP contribution is 2.31. The number of rotatable bonds is 9. The van der Waals surface area contributed by atoms with Crippen LogP contribution in [0, 0.1) is 5.41 Å². The van der Waals surface area contributed by atoms with Crippen molar-refractivity contribution in [1.82, 2.24) is 0 Å². The number of hydrogen-bond acceptors (Lipinski definition) is 3. The molecule has 0 fully saturated rings. The number of benzene rings is 1. The molecule has 22 heavy (non-hydrogen) atoms. The number of carboxylic acid groups (broad SMARTS) is 1. The smallest absolute Gasteiger partial charge is 0.310 e. The molecule has 0 unspecified atom stereocenters. The molecular formula is C17H25NO4. The van der Waals surface area contributed by atoms with Crippen LogP contribution in [0.25, 0.3) is 0 Å². The van der Waals surface area contributed by atoms with E-state index in [2.05, 4.69) is 5.32 Å². The minimum Gasteiger partial charge on any atom is -0.481 e. The highest BCUT2D eigenvalue weighted by atomic mass is 16.5. The normalized spacial score (nSPS) is 11.2. The van der Waals surface area contributed by atoms with Crippen LogP contribution in [0.15, 0.2) is 24.3 Å². The van der Waals surface area contributed by atoms with E-state index < -0.39 is 11.4 Å².